The molecule has 0 bridgehead atoms. The summed E-state index contributed by atoms with van der Waals surface area (Å²) in [4.78, 5) is 8.38. The first kappa shape index (κ1) is 12.3. The monoisotopic (exact) mass is 270 g/mol. The normalized spacial score (nSPS) is 10.5. The quantitative estimate of drug-likeness (QED) is 0.797. The molecule has 1 aromatic heterocycles. The molecule has 0 N–H and O–H groups in total. The number of aromatic nitrogens is 2. The Morgan fingerprint density at radius 3 is 2.76 bits per heavy atom. The van der Waals surface area contributed by atoms with Gasteiger partial charge in [-0.15, -0.1) is 11.6 Å². The van der Waals surface area contributed by atoms with Gasteiger partial charge < -0.3 is 0 Å². The van der Waals surface area contributed by atoms with Crippen LogP contribution in [-0.4, -0.2) is 9.97 Å². The summed E-state index contributed by atoms with van der Waals surface area (Å²) in [7, 11) is 0. The van der Waals surface area contributed by atoms with E-state index in [-0.39, 0.29) is 5.82 Å². The van der Waals surface area contributed by atoms with Crippen LogP contribution in [0.2, 0.25) is 5.02 Å². The summed E-state index contributed by atoms with van der Waals surface area (Å²) in [6, 6.07) is 6.03. The van der Waals surface area contributed by atoms with Gasteiger partial charge in [-0.2, -0.15) is 0 Å². The molecule has 17 heavy (non-hydrogen) atoms. The molecule has 2 nitrogen and oxygen atoms in total. The van der Waals surface area contributed by atoms with Crippen molar-refractivity contribution < 1.29 is 4.39 Å². The highest BCUT2D eigenvalue weighted by atomic mass is 35.5. The molecule has 1 heterocycles. The molecule has 0 aliphatic rings. The van der Waals surface area contributed by atoms with Crippen LogP contribution in [0.1, 0.15) is 17.1 Å². The van der Waals surface area contributed by atoms with E-state index < -0.39 is 0 Å². The van der Waals surface area contributed by atoms with Crippen molar-refractivity contribution in [3.05, 3.63) is 58.4 Å². The summed E-state index contributed by atoms with van der Waals surface area (Å²) < 4.78 is 12.9. The summed E-state index contributed by atoms with van der Waals surface area (Å²) in [5.74, 6) is 0.609. The summed E-state index contributed by atoms with van der Waals surface area (Å²) in [5.41, 5.74) is 1.55. The summed E-state index contributed by atoms with van der Waals surface area (Å²) in [6.07, 6.45) is 2.11. The highest BCUT2D eigenvalue weighted by Gasteiger charge is 2.05. The SMILES string of the molecule is Fc1ccc(Cc2nccc(CCl)n2)c(Cl)c1. The minimum Gasteiger partial charge on any atom is -0.241 e. The molecular weight excluding hydrogens is 262 g/mol. The molecule has 0 unspecified atom stereocenters. The third kappa shape index (κ3) is 3.14. The molecule has 88 valence electrons. The lowest BCUT2D eigenvalue weighted by Crippen LogP contribution is -1.99. The third-order valence-corrected chi connectivity index (χ3v) is 2.89. The van der Waals surface area contributed by atoms with Crippen LogP contribution in [-0.2, 0) is 12.3 Å². The molecule has 0 fully saturated rings. The van der Waals surface area contributed by atoms with E-state index >= 15 is 0 Å². The van der Waals surface area contributed by atoms with E-state index in [0.29, 0.717) is 23.1 Å². The maximum absolute atomic E-state index is 12.9. The van der Waals surface area contributed by atoms with Crippen molar-refractivity contribution in [1.82, 2.24) is 9.97 Å². The number of nitrogens with zero attached hydrogens (tertiary/aromatic N) is 2. The van der Waals surface area contributed by atoms with Crippen LogP contribution in [0.15, 0.2) is 30.5 Å². The van der Waals surface area contributed by atoms with Crippen molar-refractivity contribution in [1.29, 1.82) is 0 Å². The molecule has 0 spiro atoms. The molecule has 1 aromatic carbocycles. The fraction of sp³-hybridized carbons (Fsp3) is 0.167. The Morgan fingerprint density at radius 1 is 1.24 bits per heavy atom. The first-order chi connectivity index (χ1) is 8.19. The zero-order chi connectivity index (χ0) is 12.3. The molecule has 0 aliphatic carbocycles. The number of hydrogen-bond donors (Lipinski definition) is 0. The lowest BCUT2D eigenvalue weighted by atomic mass is 10.1. The number of halogens is 3. The van der Waals surface area contributed by atoms with Gasteiger partial charge in [0, 0.05) is 17.6 Å². The molecule has 0 aliphatic heterocycles. The molecule has 0 saturated carbocycles. The number of alkyl halides is 1. The van der Waals surface area contributed by atoms with E-state index in [1.165, 1.54) is 12.1 Å². The molecule has 2 rings (SSSR count). The lowest BCUT2D eigenvalue weighted by molar-refractivity contribution is 0.627. The Bertz CT molecular complexity index is 532. The second-order valence-electron chi connectivity index (χ2n) is 3.51. The van der Waals surface area contributed by atoms with Gasteiger partial charge in [0.05, 0.1) is 11.6 Å². The van der Waals surface area contributed by atoms with Crippen LogP contribution in [0.4, 0.5) is 4.39 Å². The molecule has 2 aromatic rings. The van der Waals surface area contributed by atoms with Gasteiger partial charge in [-0.05, 0) is 23.8 Å². The second-order valence-corrected chi connectivity index (χ2v) is 4.18. The summed E-state index contributed by atoms with van der Waals surface area (Å²) >= 11 is 11.6. The van der Waals surface area contributed by atoms with Crippen LogP contribution in [0.25, 0.3) is 0 Å². The second kappa shape index (κ2) is 5.43. The van der Waals surface area contributed by atoms with Crippen molar-refractivity contribution in [3.8, 4) is 0 Å². The van der Waals surface area contributed by atoms with E-state index in [0.717, 1.165) is 11.3 Å². The zero-order valence-corrected chi connectivity index (χ0v) is 10.3. The van der Waals surface area contributed by atoms with Crippen molar-refractivity contribution in [2.45, 2.75) is 12.3 Å². The van der Waals surface area contributed by atoms with Crippen LogP contribution < -0.4 is 0 Å². The van der Waals surface area contributed by atoms with E-state index in [4.69, 9.17) is 23.2 Å². The van der Waals surface area contributed by atoms with Crippen LogP contribution in [0.3, 0.4) is 0 Å². The standard InChI is InChI=1S/C12H9Cl2FN2/c13-7-10-3-4-16-12(17-10)5-8-1-2-9(15)6-11(8)14/h1-4,6H,5,7H2. The van der Waals surface area contributed by atoms with E-state index in [1.54, 1.807) is 18.3 Å². The topological polar surface area (TPSA) is 25.8 Å². The third-order valence-electron chi connectivity index (χ3n) is 2.26. The lowest BCUT2D eigenvalue weighted by Gasteiger charge is -2.04. The van der Waals surface area contributed by atoms with Crippen molar-refractivity contribution >= 4 is 23.2 Å². The molecule has 0 amide bonds. The highest BCUT2D eigenvalue weighted by Crippen LogP contribution is 2.19. The van der Waals surface area contributed by atoms with Gasteiger partial charge in [0.15, 0.2) is 0 Å². The molecular formula is C12H9Cl2FN2. The first-order valence-corrected chi connectivity index (χ1v) is 5.91. The Balaban J connectivity index is 2.25. The van der Waals surface area contributed by atoms with Gasteiger partial charge in [-0.1, -0.05) is 17.7 Å². The van der Waals surface area contributed by atoms with Crippen molar-refractivity contribution in [2.24, 2.45) is 0 Å². The minimum absolute atomic E-state index is 0.340. The average molecular weight is 271 g/mol. The Hall–Kier alpha value is -1.19. The predicted molar refractivity (Wildman–Crippen MR) is 65.8 cm³/mol. The number of benzene rings is 1. The number of hydrogen-bond acceptors (Lipinski definition) is 2. The Morgan fingerprint density at radius 2 is 2.06 bits per heavy atom. The smallest absolute Gasteiger partial charge is 0.133 e. The van der Waals surface area contributed by atoms with Gasteiger partial charge in [-0.3, -0.25) is 0 Å². The first-order valence-electron chi connectivity index (χ1n) is 4.99. The Kier molecular flexibility index (Phi) is 3.92. The largest absolute Gasteiger partial charge is 0.241 e. The van der Waals surface area contributed by atoms with Crippen molar-refractivity contribution in [2.75, 3.05) is 0 Å². The highest BCUT2D eigenvalue weighted by molar-refractivity contribution is 6.31. The molecule has 0 atom stereocenters. The zero-order valence-electron chi connectivity index (χ0n) is 8.83. The van der Waals surface area contributed by atoms with Crippen molar-refractivity contribution in [3.63, 3.8) is 0 Å². The van der Waals surface area contributed by atoms with Crippen LogP contribution in [0, 0.1) is 5.82 Å². The molecule has 5 heteroatoms. The minimum atomic E-state index is -0.353. The van der Waals surface area contributed by atoms with Gasteiger partial charge in [0.2, 0.25) is 0 Å². The summed E-state index contributed by atoms with van der Waals surface area (Å²) in [6.45, 7) is 0. The fourth-order valence-electron chi connectivity index (χ4n) is 1.44. The van der Waals surface area contributed by atoms with Gasteiger partial charge in [-0.25, -0.2) is 14.4 Å². The van der Waals surface area contributed by atoms with Crippen LogP contribution >= 0.6 is 23.2 Å². The maximum Gasteiger partial charge on any atom is 0.133 e. The number of rotatable bonds is 3. The van der Waals surface area contributed by atoms with Gasteiger partial charge in [0.1, 0.15) is 11.6 Å². The maximum atomic E-state index is 12.9. The van der Waals surface area contributed by atoms with Gasteiger partial charge in [0.25, 0.3) is 0 Å². The fourth-order valence-corrected chi connectivity index (χ4v) is 1.82. The average Bonchev–Trinajstić information content (AvgIpc) is 2.33. The van der Waals surface area contributed by atoms with E-state index in [1.807, 2.05) is 0 Å². The van der Waals surface area contributed by atoms with Crippen LogP contribution in [0.5, 0.6) is 0 Å². The Labute approximate surface area is 108 Å². The predicted octanol–water partition coefficient (Wildman–Crippen LogP) is 3.60. The summed E-state index contributed by atoms with van der Waals surface area (Å²) in [5, 5.41) is 0.380. The van der Waals surface area contributed by atoms with E-state index in [2.05, 4.69) is 9.97 Å². The van der Waals surface area contributed by atoms with E-state index in [9.17, 15) is 4.39 Å². The molecule has 0 radical (unpaired) electrons. The van der Waals surface area contributed by atoms with Gasteiger partial charge >= 0.3 is 0 Å². The molecule has 0 saturated heterocycles.